The van der Waals surface area contributed by atoms with E-state index in [1.807, 2.05) is 0 Å². The highest BCUT2D eigenvalue weighted by molar-refractivity contribution is 5.45. The highest BCUT2D eigenvalue weighted by Gasteiger charge is 2.55. The first-order chi connectivity index (χ1) is 11.2. The largest absolute Gasteiger partial charge is 0.497 e. The summed E-state index contributed by atoms with van der Waals surface area (Å²) < 4.78 is 10.7. The van der Waals surface area contributed by atoms with Crippen LogP contribution in [0.1, 0.15) is 43.2 Å². The molecule has 2 aromatic rings. The summed E-state index contributed by atoms with van der Waals surface area (Å²) >= 11 is 0. The lowest BCUT2D eigenvalue weighted by Crippen LogP contribution is -2.24. The summed E-state index contributed by atoms with van der Waals surface area (Å²) in [5.74, 6) is 1.86. The van der Waals surface area contributed by atoms with Crippen molar-refractivity contribution in [2.45, 2.75) is 37.5 Å². The maximum absolute atomic E-state index is 5.34. The Morgan fingerprint density at radius 1 is 0.652 bits per heavy atom. The van der Waals surface area contributed by atoms with Gasteiger partial charge in [-0.05, 0) is 72.9 Å². The summed E-state index contributed by atoms with van der Waals surface area (Å²) in [7, 11) is 3.45. The zero-order valence-corrected chi connectivity index (χ0v) is 14.0. The van der Waals surface area contributed by atoms with Crippen LogP contribution in [0, 0.1) is 5.41 Å². The third-order valence-electron chi connectivity index (χ3n) is 6.00. The molecule has 0 unspecified atom stereocenters. The van der Waals surface area contributed by atoms with Crippen molar-refractivity contribution in [2.24, 2.45) is 5.41 Å². The first-order valence-electron chi connectivity index (χ1n) is 8.49. The molecular weight excluding hydrogens is 284 g/mol. The Morgan fingerprint density at radius 3 is 1.43 bits per heavy atom. The van der Waals surface area contributed by atoms with Gasteiger partial charge in [0, 0.05) is 5.41 Å². The number of methoxy groups -OCH3 is 2. The molecule has 0 saturated heterocycles. The van der Waals surface area contributed by atoms with Crippen molar-refractivity contribution in [2.75, 3.05) is 14.2 Å². The molecule has 0 heterocycles. The average Bonchev–Trinajstić information content (AvgIpc) is 3.26. The summed E-state index contributed by atoms with van der Waals surface area (Å²) in [5.41, 5.74) is 3.61. The van der Waals surface area contributed by atoms with Crippen molar-refractivity contribution in [3.05, 3.63) is 59.7 Å². The van der Waals surface area contributed by atoms with Crippen LogP contribution in [-0.4, -0.2) is 14.2 Å². The van der Waals surface area contributed by atoms with Gasteiger partial charge in [0.15, 0.2) is 0 Å². The van der Waals surface area contributed by atoms with Crippen LogP contribution in [0.25, 0.3) is 0 Å². The minimum Gasteiger partial charge on any atom is -0.497 e. The molecule has 2 saturated carbocycles. The molecule has 0 N–H and O–H groups in total. The third-order valence-corrected chi connectivity index (χ3v) is 6.00. The van der Waals surface area contributed by atoms with Crippen LogP contribution in [-0.2, 0) is 5.41 Å². The number of ether oxygens (including phenoxy) is 2. The van der Waals surface area contributed by atoms with E-state index in [0.717, 1.165) is 11.5 Å². The van der Waals surface area contributed by atoms with E-state index in [0.29, 0.717) is 5.41 Å². The molecule has 2 fully saturated rings. The molecule has 2 aromatic carbocycles. The maximum atomic E-state index is 5.34. The van der Waals surface area contributed by atoms with Crippen LogP contribution >= 0.6 is 0 Å². The minimum atomic E-state index is 0.148. The molecule has 0 atom stereocenters. The van der Waals surface area contributed by atoms with Gasteiger partial charge in [-0.1, -0.05) is 24.3 Å². The minimum absolute atomic E-state index is 0.148. The first-order valence-corrected chi connectivity index (χ1v) is 8.49. The van der Waals surface area contributed by atoms with E-state index < -0.39 is 0 Å². The molecule has 0 aromatic heterocycles. The van der Waals surface area contributed by atoms with Crippen molar-refractivity contribution in [1.29, 1.82) is 0 Å². The molecule has 0 radical (unpaired) electrons. The first kappa shape index (κ1) is 14.6. The van der Waals surface area contributed by atoms with Crippen LogP contribution in [0.5, 0.6) is 11.5 Å². The number of rotatable bonds is 4. The maximum Gasteiger partial charge on any atom is 0.118 e. The zero-order valence-electron chi connectivity index (χ0n) is 14.0. The standard InChI is InChI=1S/C21H24O2/c1-22-18-7-3-16(4-8-18)21(14-13-20(15-21)11-12-20)17-5-9-19(23-2)10-6-17/h3-10H,11-15H2,1-2H3. The molecule has 23 heavy (non-hydrogen) atoms. The summed E-state index contributed by atoms with van der Waals surface area (Å²) in [6.07, 6.45) is 6.68. The third kappa shape index (κ3) is 2.41. The van der Waals surface area contributed by atoms with E-state index in [-0.39, 0.29) is 5.41 Å². The second-order valence-electron chi connectivity index (χ2n) is 7.22. The Labute approximate surface area is 138 Å². The predicted molar refractivity (Wildman–Crippen MR) is 92.3 cm³/mol. The molecule has 0 amide bonds. The van der Waals surface area contributed by atoms with E-state index >= 15 is 0 Å². The van der Waals surface area contributed by atoms with E-state index in [2.05, 4.69) is 48.5 Å². The summed E-state index contributed by atoms with van der Waals surface area (Å²) in [5, 5.41) is 0. The fourth-order valence-electron chi connectivity index (χ4n) is 4.38. The predicted octanol–water partition coefficient (Wildman–Crippen LogP) is 4.95. The smallest absolute Gasteiger partial charge is 0.118 e. The molecule has 120 valence electrons. The molecule has 2 aliphatic carbocycles. The lowest BCUT2D eigenvalue weighted by atomic mass is 9.72. The highest BCUT2D eigenvalue weighted by Crippen LogP contribution is 2.65. The number of hydrogen-bond donors (Lipinski definition) is 0. The molecule has 0 bridgehead atoms. The summed E-state index contributed by atoms with van der Waals surface area (Å²) in [6.45, 7) is 0. The average molecular weight is 308 g/mol. The van der Waals surface area contributed by atoms with Gasteiger partial charge in [-0.2, -0.15) is 0 Å². The van der Waals surface area contributed by atoms with Gasteiger partial charge in [0.05, 0.1) is 14.2 Å². The van der Waals surface area contributed by atoms with Crippen molar-refractivity contribution in [3.8, 4) is 11.5 Å². The van der Waals surface area contributed by atoms with Gasteiger partial charge in [0.25, 0.3) is 0 Å². The Morgan fingerprint density at radius 2 is 1.09 bits per heavy atom. The van der Waals surface area contributed by atoms with Crippen LogP contribution in [0.2, 0.25) is 0 Å². The highest BCUT2D eigenvalue weighted by atomic mass is 16.5. The Hall–Kier alpha value is -1.96. The molecule has 1 spiro atoms. The SMILES string of the molecule is COc1ccc(C2(c3ccc(OC)cc3)CCC3(CC3)C2)cc1. The number of benzene rings is 2. The fraction of sp³-hybridized carbons (Fsp3) is 0.429. The normalized spacial score (nSPS) is 20.4. The molecule has 2 aliphatic rings. The second-order valence-corrected chi connectivity index (χ2v) is 7.22. The fourth-order valence-corrected chi connectivity index (χ4v) is 4.38. The van der Waals surface area contributed by atoms with Crippen LogP contribution < -0.4 is 9.47 Å². The summed E-state index contributed by atoms with van der Waals surface area (Å²) in [4.78, 5) is 0. The van der Waals surface area contributed by atoms with Crippen LogP contribution in [0.15, 0.2) is 48.5 Å². The van der Waals surface area contributed by atoms with Crippen molar-refractivity contribution in [1.82, 2.24) is 0 Å². The van der Waals surface area contributed by atoms with Crippen LogP contribution in [0.3, 0.4) is 0 Å². The quantitative estimate of drug-likeness (QED) is 0.795. The van der Waals surface area contributed by atoms with Gasteiger partial charge >= 0.3 is 0 Å². The van der Waals surface area contributed by atoms with E-state index in [1.54, 1.807) is 14.2 Å². The topological polar surface area (TPSA) is 18.5 Å². The van der Waals surface area contributed by atoms with Gasteiger partial charge in [-0.3, -0.25) is 0 Å². The molecule has 2 nitrogen and oxygen atoms in total. The summed E-state index contributed by atoms with van der Waals surface area (Å²) in [6, 6.07) is 17.4. The molecular formula is C21H24O2. The Kier molecular flexibility index (Phi) is 3.37. The van der Waals surface area contributed by atoms with E-state index in [1.165, 1.54) is 43.2 Å². The van der Waals surface area contributed by atoms with Gasteiger partial charge < -0.3 is 9.47 Å². The van der Waals surface area contributed by atoms with Crippen LogP contribution in [0.4, 0.5) is 0 Å². The van der Waals surface area contributed by atoms with Gasteiger partial charge in [0.2, 0.25) is 0 Å². The number of hydrogen-bond acceptors (Lipinski definition) is 2. The van der Waals surface area contributed by atoms with E-state index in [9.17, 15) is 0 Å². The zero-order chi connectivity index (χ0) is 15.9. The van der Waals surface area contributed by atoms with Crippen molar-refractivity contribution >= 4 is 0 Å². The molecule has 2 heteroatoms. The van der Waals surface area contributed by atoms with Crippen molar-refractivity contribution in [3.63, 3.8) is 0 Å². The lowest BCUT2D eigenvalue weighted by molar-refractivity contribution is 0.412. The van der Waals surface area contributed by atoms with Gasteiger partial charge in [0.1, 0.15) is 11.5 Å². The molecule has 4 rings (SSSR count). The monoisotopic (exact) mass is 308 g/mol. The Balaban J connectivity index is 1.77. The Bertz CT molecular complexity index is 633. The van der Waals surface area contributed by atoms with E-state index in [4.69, 9.17) is 9.47 Å². The second kappa shape index (κ2) is 5.30. The van der Waals surface area contributed by atoms with Gasteiger partial charge in [-0.15, -0.1) is 0 Å². The lowest BCUT2D eigenvalue weighted by Gasteiger charge is -2.31. The molecule has 0 aliphatic heterocycles. The van der Waals surface area contributed by atoms with Gasteiger partial charge in [-0.25, -0.2) is 0 Å². The van der Waals surface area contributed by atoms with Crippen molar-refractivity contribution < 1.29 is 9.47 Å².